The molecular weight excluding hydrogens is 370 g/mol. The van der Waals surface area contributed by atoms with Gasteiger partial charge in [0.15, 0.2) is 0 Å². The number of carbonyl (C=O) groups is 2. The third kappa shape index (κ3) is 4.16. The summed E-state index contributed by atoms with van der Waals surface area (Å²) < 4.78 is 11.9. The number of aromatic amines is 1. The highest BCUT2D eigenvalue weighted by Gasteiger charge is 2.45. The predicted molar refractivity (Wildman–Crippen MR) is 110 cm³/mol. The summed E-state index contributed by atoms with van der Waals surface area (Å²) in [7, 11) is 0. The molecule has 2 saturated heterocycles. The van der Waals surface area contributed by atoms with Crippen LogP contribution in [-0.4, -0.2) is 65.7 Å². The van der Waals surface area contributed by atoms with Crippen LogP contribution < -0.4 is 5.32 Å². The van der Waals surface area contributed by atoms with Gasteiger partial charge in [0.25, 0.3) is 0 Å². The molecule has 0 aliphatic carbocycles. The van der Waals surface area contributed by atoms with Crippen molar-refractivity contribution < 1.29 is 19.1 Å². The van der Waals surface area contributed by atoms with Gasteiger partial charge in [-0.1, -0.05) is 25.1 Å². The lowest BCUT2D eigenvalue weighted by molar-refractivity contribution is -0.171. The molecule has 4 rings (SSSR count). The Labute approximate surface area is 170 Å². The number of rotatable bonds is 5. The molecule has 2 aromatic rings. The van der Waals surface area contributed by atoms with Crippen molar-refractivity contribution in [2.45, 2.75) is 50.9 Å². The minimum Gasteiger partial charge on any atom is -0.378 e. The lowest BCUT2D eigenvalue weighted by Gasteiger charge is -2.44. The van der Waals surface area contributed by atoms with Gasteiger partial charge in [0.1, 0.15) is 11.6 Å². The van der Waals surface area contributed by atoms with Crippen LogP contribution in [0.1, 0.15) is 32.3 Å². The van der Waals surface area contributed by atoms with Crippen molar-refractivity contribution >= 4 is 22.7 Å². The molecule has 2 aliphatic heterocycles. The first-order valence-electron chi connectivity index (χ1n) is 10.4. The first-order valence-corrected chi connectivity index (χ1v) is 10.4. The Morgan fingerprint density at radius 3 is 2.93 bits per heavy atom. The fraction of sp³-hybridized carbons (Fsp3) is 0.545. The number of nitrogens with zero attached hydrogens (tertiary/aromatic N) is 1. The molecule has 1 aromatic heterocycles. The van der Waals surface area contributed by atoms with Crippen molar-refractivity contribution in [1.82, 2.24) is 15.2 Å². The van der Waals surface area contributed by atoms with Crippen molar-refractivity contribution in [1.29, 1.82) is 0 Å². The van der Waals surface area contributed by atoms with Gasteiger partial charge in [0.2, 0.25) is 11.8 Å². The zero-order valence-electron chi connectivity index (χ0n) is 17.1. The fourth-order valence-corrected chi connectivity index (χ4v) is 4.46. The third-order valence-corrected chi connectivity index (χ3v) is 5.93. The van der Waals surface area contributed by atoms with E-state index in [1.165, 1.54) is 6.92 Å². The zero-order chi connectivity index (χ0) is 20.4. The van der Waals surface area contributed by atoms with E-state index in [9.17, 15) is 9.59 Å². The highest BCUT2D eigenvalue weighted by atomic mass is 16.6. The molecule has 0 saturated carbocycles. The molecule has 1 spiro atoms. The number of amides is 2. The molecule has 2 fully saturated rings. The number of H-pyrrole nitrogens is 1. The van der Waals surface area contributed by atoms with Gasteiger partial charge in [-0.25, -0.2) is 0 Å². The summed E-state index contributed by atoms with van der Waals surface area (Å²) in [5, 5.41) is 3.95. The maximum atomic E-state index is 13.5. The van der Waals surface area contributed by atoms with Gasteiger partial charge >= 0.3 is 0 Å². The lowest BCUT2D eigenvalue weighted by atomic mass is 9.96. The largest absolute Gasteiger partial charge is 0.378 e. The fourth-order valence-electron chi connectivity index (χ4n) is 4.46. The molecule has 7 heteroatoms. The van der Waals surface area contributed by atoms with E-state index in [0.29, 0.717) is 32.7 Å². The molecule has 0 unspecified atom stereocenters. The van der Waals surface area contributed by atoms with Crippen LogP contribution in [0.2, 0.25) is 0 Å². The number of nitrogens with one attached hydrogen (secondary N) is 2. The SMILES string of the molecule is CC[C@@H]1CN(C(=O)[C@@H](Cc2c[nH]c3ccccc23)NC(C)=O)C[C@@]2(CCOC2)O1. The smallest absolute Gasteiger partial charge is 0.245 e. The Morgan fingerprint density at radius 2 is 2.21 bits per heavy atom. The number of fused-ring (bicyclic) bond motifs is 1. The van der Waals surface area contributed by atoms with Gasteiger partial charge in [0, 0.05) is 50.0 Å². The summed E-state index contributed by atoms with van der Waals surface area (Å²) in [6, 6.07) is 7.38. The van der Waals surface area contributed by atoms with Gasteiger partial charge in [-0.2, -0.15) is 0 Å². The van der Waals surface area contributed by atoms with Crippen LogP contribution in [0.3, 0.4) is 0 Å². The minimum atomic E-state index is -0.610. The normalized spacial score (nSPS) is 25.4. The van der Waals surface area contributed by atoms with E-state index < -0.39 is 11.6 Å². The average molecular weight is 399 g/mol. The number of hydrogen-bond acceptors (Lipinski definition) is 4. The predicted octanol–water partition coefficient (Wildman–Crippen LogP) is 2.01. The first kappa shape index (κ1) is 19.9. The van der Waals surface area contributed by atoms with E-state index in [4.69, 9.17) is 9.47 Å². The average Bonchev–Trinajstić information content (AvgIpc) is 3.33. The molecular formula is C22H29N3O4. The molecule has 7 nitrogen and oxygen atoms in total. The van der Waals surface area contributed by atoms with Crippen molar-refractivity contribution in [2.75, 3.05) is 26.3 Å². The number of carbonyl (C=O) groups excluding carboxylic acids is 2. The first-order chi connectivity index (χ1) is 14.0. The lowest BCUT2D eigenvalue weighted by Crippen LogP contribution is -2.61. The highest BCUT2D eigenvalue weighted by Crippen LogP contribution is 2.31. The van der Waals surface area contributed by atoms with Crippen LogP contribution in [0.15, 0.2) is 30.5 Å². The molecule has 3 heterocycles. The summed E-state index contributed by atoms with van der Waals surface area (Å²) in [5.74, 6) is -0.263. The number of hydrogen-bond donors (Lipinski definition) is 2. The van der Waals surface area contributed by atoms with E-state index in [1.54, 1.807) is 0 Å². The third-order valence-electron chi connectivity index (χ3n) is 5.93. The monoisotopic (exact) mass is 399 g/mol. The molecule has 2 aliphatic rings. The molecule has 156 valence electrons. The Bertz CT molecular complexity index is 887. The Morgan fingerprint density at radius 1 is 1.38 bits per heavy atom. The van der Waals surface area contributed by atoms with E-state index in [2.05, 4.69) is 17.2 Å². The van der Waals surface area contributed by atoms with Crippen LogP contribution in [0.5, 0.6) is 0 Å². The van der Waals surface area contributed by atoms with Crippen molar-refractivity contribution in [3.05, 3.63) is 36.0 Å². The van der Waals surface area contributed by atoms with Gasteiger partial charge in [-0.15, -0.1) is 0 Å². The molecule has 3 atom stereocenters. The topological polar surface area (TPSA) is 83.7 Å². The summed E-state index contributed by atoms with van der Waals surface area (Å²) in [4.78, 5) is 30.5. The second-order valence-corrected chi connectivity index (χ2v) is 8.17. The summed E-state index contributed by atoms with van der Waals surface area (Å²) in [6.07, 6.45) is 3.98. The maximum Gasteiger partial charge on any atom is 0.245 e. The van der Waals surface area contributed by atoms with Gasteiger partial charge in [0.05, 0.1) is 19.3 Å². The van der Waals surface area contributed by atoms with Crippen LogP contribution in [0.4, 0.5) is 0 Å². The van der Waals surface area contributed by atoms with Gasteiger partial charge in [-0.3, -0.25) is 9.59 Å². The number of para-hydroxylation sites is 1. The summed E-state index contributed by atoms with van der Waals surface area (Å²) in [6.45, 7) is 5.74. The second-order valence-electron chi connectivity index (χ2n) is 8.17. The number of ether oxygens (including phenoxy) is 2. The van der Waals surface area contributed by atoms with Crippen LogP contribution >= 0.6 is 0 Å². The van der Waals surface area contributed by atoms with Crippen molar-refractivity contribution in [2.24, 2.45) is 0 Å². The molecule has 29 heavy (non-hydrogen) atoms. The highest BCUT2D eigenvalue weighted by molar-refractivity contribution is 5.89. The zero-order valence-corrected chi connectivity index (χ0v) is 17.1. The Hall–Kier alpha value is -2.38. The molecule has 1 aromatic carbocycles. The standard InChI is InChI=1S/C22H29N3O4/c1-3-17-12-25(13-22(29-17)8-9-28-14-22)21(27)20(24-15(2)26)10-16-11-23-19-7-5-4-6-18(16)19/h4-7,11,17,20,23H,3,8-10,12-14H2,1-2H3,(H,24,26)/t17-,20-,22-/m1/s1. The number of morpholine rings is 1. The molecule has 0 bridgehead atoms. The molecule has 0 radical (unpaired) electrons. The number of aromatic nitrogens is 1. The van der Waals surface area contributed by atoms with E-state index in [0.717, 1.165) is 29.3 Å². The van der Waals surface area contributed by atoms with Crippen LogP contribution in [-0.2, 0) is 25.5 Å². The molecule has 2 amide bonds. The maximum absolute atomic E-state index is 13.5. The van der Waals surface area contributed by atoms with Crippen molar-refractivity contribution in [3.8, 4) is 0 Å². The Balaban J connectivity index is 1.57. The van der Waals surface area contributed by atoms with Crippen molar-refractivity contribution in [3.63, 3.8) is 0 Å². The van der Waals surface area contributed by atoms with Gasteiger partial charge < -0.3 is 24.7 Å². The van der Waals surface area contributed by atoms with Crippen LogP contribution in [0.25, 0.3) is 10.9 Å². The minimum absolute atomic E-state index is 0.0135. The quantitative estimate of drug-likeness (QED) is 0.806. The summed E-state index contributed by atoms with van der Waals surface area (Å²) >= 11 is 0. The van der Waals surface area contributed by atoms with E-state index in [-0.39, 0.29) is 17.9 Å². The summed E-state index contributed by atoms with van der Waals surface area (Å²) in [5.41, 5.74) is 1.62. The number of benzene rings is 1. The van der Waals surface area contributed by atoms with E-state index in [1.807, 2.05) is 35.4 Å². The van der Waals surface area contributed by atoms with Gasteiger partial charge in [-0.05, 0) is 18.1 Å². The van der Waals surface area contributed by atoms with E-state index >= 15 is 0 Å². The second kappa shape index (κ2) is 8.16. The Kier molecular flexibility index (Phi) is 5.61. The molecule has 2 N–H and O–H groups in total. The van der Waals surface area contributed by atoms with Crippen LogP contribution in [0, 0.1) is 0 Å².